The number of aryl methyl sites for hydroxylation is 2. The second kappa shape index (κ2) is 3.81. The molecule has 16 heavy (non-hydrogen) atoms. The van der Waals surface area contributed by atoms with E-state index in [9.17, 15) is 9.59 Å². The third-order valence-corrected chi connectivity index (χ3v) is 2.52. The first-order chi connectivity index (χ1) is 7.61. The molecule has 1 aromatic carbocycles. The first-order valence-electron chi connectivity index (χ1n) is 4.98. The zero-order valence-electron chi connectivity index (χ0n) is 9.15. The van der Waals surface area contributed by atoms with Gasteiger partial charge in [0, 0.05) is 12.3 Å². The number of benzene rings is 1. The Balaban J connectivity index is 2.88. The van der Waals surface area contributed by atoms with Gasteiger partial charge in [-0.1, -0.05) is 18.2 Å². The molecule has 1 heterocycles. The van der Waals surface area contributed by atoms with Crippen molar-refractivity contribution in [3.63, 3.8) is 0 Å². The van der Waals surface area contributed by atoms with Crippen LogP contribution in [-0.2, 0) is 0 Å². The lowest BCUT2D eigenvalue weighted by atomic mass is 10.1. The van der Waals surface area contributed by atoms with E-state index >= 15 is 0 Å². The Labute approximate surface area is 92.2 Å². The maximum absolute atomic E-state index is 11.7. The van der Waals surface area contributed by atoms with Gasteiger partial charge in [-0.05, 0) is 25.0 Å². The van der Waals surface area contributed by atoms with E-state index < -0.39 is 5.69 Å². The van der Waals surface area contributed by atoms with E-state index in [-0.39, 0.29) is 5.56 Å². The maximum atomic E-state index is 11.7. The second-order valence-electron chi connectivity index (χ2n) is 3.70. The van der Waals surface area contributed by atoms with E-state index in [1.807, 2.05) is 32.0 Å². The Kier molecular flexibility index (Phi) is 2.48. The first kappa shape index (κ1) is 10.4. The topological polar surface area (TPSA) is 54.9 Å². The second-order valence-corrected chi connectivity index (χ2v) is 3.70. The van der Waals surface area contributed by atoms with E-state index in [1.165, 1.54) is 12.3 Å². The first-order valence-corrected chi connectivity index (χ1v) is 4.98. The summed E-state index contributed by atoms with van der Waals surface area (Å²) in [4.78, 5) is 25.8. The lowest BCUT2D eigenvalue weighted by Gasteiger charge is -2.10. The number of hydrogen-bond acceptors (Lipinski definition) is 2. The van der Waals surface area contributed by atoms with Crippen molar-refractivity contribution in [2.24, 2.45) is 0 Å². The maximum Gasteiger partial charge on any atom is 0.333 e. The summed E-state index contributed by atoms with van der Waals surface area (Å²) in [6.07, 6.45) is 1.36. The number of rotatable bonds is 1. The van der Waals surface area contributed by atoms with E-state index in [1.54, 1.807) is 0 Å². The molecule has 4 nitrogen and oxygen atoms in total. The van der Waals surface area contributed by atoms with Gasteiger partial charge < -0.3 is 4.98 Å². The minimum Gasteiger partial charge on any atom is -0.314 e. The fraction of sp³-hybridized carbons (Fsp3) is 0.167. The molecular weight excluding hydrogens is 204 g/mol. The van der Waals surface area contributed by atoms with Crippen molar-refractivity contribution in [3.05, 3.63) is 62.4 Å². The van der Waals surface area contributed by atoms with Crippen LogP contribution in [0.15, 0.2) is 40.1 Å². The zero-order chi connectivity index (χ0) is 11.7. The van der Waals surface area contributed by atoms with Crippen LogP contribution in [0.4, 0.5) is 0 Å². The predicted octanol–water partition coefficient (Wildman–Crippen LogP) is 1.14. The highest BCUT2D eigenvalue weighted by Gasteiger charge is 2.08. The quantitative estimate of drug-likeness (QED) is 0.777. The average Bonchev–Trinajstić information content (AvgIpc) is 2.21. The van der Waals surface area contributed by atoms with E-state index in [2.05, 4.69) is 4.98 Å². The molecule has 0 aliphatic carbocycles. The molecule has 0 fully saturated rings. The molecule has 0 bridgehead atoms. The lowest BCUT2D eigenvalue weighted by Crippen LogP contribution is -2.33. The van der Waals surface area contributed by atoms with Crippen LogP contribution in [0.3, 0.4) is 0 Å². The van der Waals surface area contributed by atoms with Crippen LogP contribution >= 0.6 is 0 Å². The Morgan fingerprint density at radius 3 is 2.25 bits per heavy atom. The number of nitrogens with one attached hydrogen (secondary N) is 1. The van der Waals surface area contributed by atoms with Crippen molar-refractivity contribution in [3.8, 4) is 5.69 Å². The molecule has 0 aliphatic heterocycles. The Morgan fingerprint density at radius 2 is 1.69 bits per heavy atom. The largest absolute Gasteiger partial charge is 0.333 e. The number of H-pyrrole nitrogens is 1. The normalized spacial score (nSPS) is 10.4. The highest BCUT2D eigenvalue weighted by atomic mass is 16.2. The number of hydrogen-bond donors (Lipinski definition) is 1. The molecule has 0 radical (unpaired) electrons. The monoisotopic (exact) mass is 216 g/mol. The molecule has 82 valence electrons. The average molecular weight is 216 g/mol. The molecule has 0 saturated carbocycles. The Morgan fingerprint density at radius 1 is 1.06 bits per heavy atom. The lowest BCUT2D eigenvalue weighted by molar-refractivity contribution is 0.862. The van der Waals surface area contributed by atoms with Crippen molar-refractivity contribution in [1.29, 1.82) is 0 Å². The van der Waals surface area contributed by atoms with Gasteiger partial charge in [0.2, 0.25) is 0 Å². The van der Waals surface area contributed by atoms with Crippen molar-refractivity contribution in [2.75, 3.05) is 0 Å². The van der Waals surface area contributed by atoms with Crippen molar-refractivity contribution in [2.45, 2.75) is 13.8 Å². The van der Waals surface area contributed by atoms with Crippen LogP contribution in [0.2, 0.25) is 0 Å². The van der Waals surface area contributed by atoms with Crippen LogP contribution in [0.1, 0.15) is 11.1 Å². The standard InChI is InChI=1S/C12H12N2O2/c1-8-4-3-5-9(2)11(8)14-10(15)6-7-13-12(14)16/h3-7H,1-2H3,(H,13,16). The molecule has 0 aliphatic rings. The predicted molar refractivity (Wildman–Crippen MR) is 62.1 cm³/mol. The third-order valence-electron chi connectivity index (χ3n) is 2.52. The minimum atomic E-state index is -0.412. The molecule has 1 aromatic heterocycles. The van der Waals surface area contributed by atoms with Crippen molar-refractivity contribution < 1.29 is 0 Å². The van der Waals surface area contributed by atoms with Crippen LogP contribution in [-0.4, -0.2) is 9.55 Å². The molecular formula is C12H12N2O2. The summed E-state index contributed by atoms with van der Waals surface area (Å²) in [5.41, 5.74) is 1.73. The van der Waals surface area contributed by atoms with Crippen molar-refractivity contribution in [1.82, 2.24) is 9.55 Å². The van der Waals surface area contributed by atoms with Gasteiger partial charge in [0.05, 0.1) is 5.69 Å². The van der Waals surface area contributed by atoms with Gasteiger partial charge in [-0.25, -0.2) is 9.36 Å². The number of aromatic nitrogens is 2. The molecule has 0 spiro atoms. The third kappa shape index (κ3) is 1.58. The molecule has 0 saturated heterocycles. The highest BCUT2D eigenvalue weighted by Crippen LogP contribution is 2.14. The molecule has 2 rings (SSSR count). The van der Waals surface area contributed by atoms with Gasteiger partial charge in [0.1, 0.15) is 0 Å². The van der Waals surface area contributed by atoms with Gasteiger partial charge in [-0.15, -0.1) is 0 Å². The molecule has 1 N–H and O–H groups in total. The summed E-state index contributed by atoms with van der Waals surface area (Å²) in [5, 5.41) is 0. The summed E-state index contributed by atoms with van der Waals surface area (Å²) < 4.78 is 1.16. The van der Waals surface area contributed by atoms with Crippen LogP contribution < -0.4 is 11.2 Å². The number of nitrogens with zero attached hydrogens (tertiary/aromatic N) is 1. The molecule has 4 heteroatoms. The molecule has 0 unspecified atom stereocenters. The summed E-state index contributed by atoms with van der Waals surface area (Å²) in [6, 6.07) is 6.99. The highest BCUT2D eigenvalue weighted by molar-refractivity contribution is 5.46. The molecule has 2 aromatic rings. The van der Waals surface area contributed by atoms with Gasteiger partial charge in [0.15, 0.2) is 0 Å². The Hall–Kier alpha value is -2.10. The minimum absolute atomic E-state index is 0.318. The summed E-state index contributed by atoms with van der Waals surface area (Å²) in [5.74, 6) is 0. The van der Waals surface area contributed by atoms with Crippen molar-refractivity contribution >= 4 is 0 Å². The van der Waals surface area contributed by atoms with E-state index in [4.69, 9.17) is 0 Å². The van der Waals surface area contributed by atoms with Crippen LogP contribution in [0.5, 0.6) is 0 Å². The van der Waals surface area contributed by atoms with Gasteiger partial charge in [0.25, 0.3) is 5.56 Å². The Bertz CT molecular complexity index is 589. The summed E-state index contributed by atoms with van der Waals surface area (Å²) in [7, 11) is 0. The number of para-hydroxylation sites is 1. The summed E-state index contributed by atoms with van der Waals surface area (Å²) in [6.45, 7) is 3.75. The fourth-order valence-electron chi connectivity index (χ4n) is 1.79. The van der Waals surface area contributed by atoms with E-state index in [0.29, 0.717) is 5.69 Å². The SMILES string of the molecule is Cc1cccc(C)c1-n1c(=O)cc[nH]c1=O. The van der Waals surface area contributed by atoms with Crippen LogP contribution in [0, 0.1) is 13.8 Å². The smallest absolute Gasteiger partial charge is 0.314 e. The molecule has 0 amide bonds. The molecule has 0 atom stereocenters. The number of aromatic amines is 1. The van der Waals surface area contributed by atoms with E-state index in [0.717, 1.165) is 15.7 Å². The zero-order valence-corrected chi connectivity index (χ0v) is 9.15. The fourth-order valence-corrected chi connectivity index (χ4v) is 1.79. The van der Waals surface area contributed by atoms with Gasteiger partial charge >= 0.3 is 5.69 Å². The van der Waals surface area contributed by atoms with Gasteiger partial charge in [-0.3, -0.25) is 4.79 Å². The van der Waals surface area contributed by atoms with Gasteiger partial charge in [-0.2, -0.15) is 0 Å². The van der Waals surface area contributed by atoms with Crippen LogP contribution in [0.25, 0.3) is 5.69 Å². The summed E-state index contributed by atoms with van der Waals surface area (Å²) >= 11 is 0.